The second kappa shape index (κ2) is 7.12. The molecule has 0 saturated carbocycles. The lowest BCUT2D eigenvalue weighted by molar-refractivity contribution is -0.146. The Kier molecular flexibility index (Phi) is 6.10. The number of nitrogens with one attached hydrogen (secondary N) is 1. The van der Waals surface area contributed by atoms with Gasteiger partial charge in [-0.05, 0) is 50.7 Å². The van der Waals surface area contributed by atoms with Crippen LogP contribution in [0.3, 0.4) is 0 Å². The van der Waals surface area contributed by atoms with Gasteiger partial charge in [0.15, 0.2) is 0 Å². The zero-order chi connectivity index (χ0) is 11.1. The highest BCUT2D eigenvalue weighted by molar-refractivity contribution is 7.99. The van der Waals surface area contributed by atoms with Gasteiger partial charge in [-0.2, -0.15) is 11.8 Å². The highest BCUT2D eigenvalue weighted by Gasteiger charge is 2.13. The van der Waals surface area contributed by atoms with E-state index in [0.29, 0.717) is 6.54 Å². The third-order valence-electron chi connectivity index (χ3n) is 2.41. The van der Waals surface area contributed by atoms with Gasteiger partial charge in [-0.15, -0.1) is 0 Å². The molecule has 0 aromatic carbocycles. The Morgan fingerprint density at radius 1 is 1.47 bits per heavy atom. The van der Waals surface area contributed by atoms with Crippen molar-refractivity contribution in [2.24, 2.45) is 5.92 Å². The second-order valence-corrected chi connectivity index (χ2v) is 5.45. The van der Waals surface area contributed by atoms with Crippen molar-refractivity contribution in [3.63, 3.8) is 0 Å². The van der Waals surface area contributed by atoms with E-state index in [1.165, 1.54) is 24.3 Å². The van der Waals surface area contributed by atoms with Crippen LogP contribution < -0.4 is 5.32 Å². The van der Waals surface area contributed by atoms with E-state index in [9.17, 15) is 4.79 Å². The third kappa shape index (κ3) is 6.05. The molecule has 0 amide bonds. The molecule has 1 saturated heterocycles. The molecule has 0 aromatic rings. The SMILES string of the molecule is CC(C)OC(=O)CNCC1CCSCC1. The van der Waals surface area contributed by atoms with E-state index >= 15 is 0 Å². The van der Waals surface area contributed by atoms with Crippen LogP contribution in [0.15, 0.2) is 0 Å². The molecule has 0 unspecified atom stereocenters. The molecule has 1 aliphatic heterocycles. The Hall–Kier alpha value is -0.220. The number of hydrogen-bond donors (Lipinski definition) is 1. The van der Waals surface area contributed by atoms with E-state index in [1.54, 1.807) is 0 Å². The predicted octanol–water partition coefficient (Wildman–Crippen LogP) is 1.67. The zero-order valence-electron chi connectivity index (χ0n) is 9.62. The van der Waals surface area contributed by atoms with Gasteiger partial charge in [0.05, 0.1) is 12.6 Å². The molecule has 0 aliphatic carbocycles. The first kappa shape index (κ1) is 12.8. The summed E-state index contributed by atoms with van der Waals surface area (Å²) in [6.07, 6.45) is 2.54. The molecular weight excluding hydrogens is 210 g/mol. The molecule has 0 bridgehead atoms. The number of rotatable bonds is 5. The molecule has 3 nitrogen and oxygen atoms in total. The topological polar surface area (TPSA) is 38.3 Å². The van der Waals surface area contributed by atoms with Crippen LogP contribution in [0.4, 0.5) is 0 Å². The first-order valence-corrected chi connectivity index (χ1v) is 6.82. The summed E-state index contributed by atoms with van der Waals surface area (Å²) in [5, 5.41) is 3.18. The Labute approximate surface area is 96.3 Å². The fourth-order valence-corrected chi connectivity index (χ4v) is 2.84. The molecule has 1 N–H and O–H groups in total. The van der Waals surface area contributed by atoms with E-state index in [4.69, 9.17) is 4.74 Å². The number of esters is 1. The maximum atomic E-state index is 11.2. The summed E-state index contributed by atoms with van der Waals surface area (Å²) in [5.74, 6) is 3.14. The van der Waals surface area contributed by atoms with Gasteiger partial charge in [-0.25, -0.2) is 0 Å². The van der Waals surface area contributed by atoms with Crippen LogP contribution in [0.25, 0.3) is 0 Å². The van der Waals surface area contributed by atoms with Gasteiger partial charge in [-0.3, -0.25) is 4.79 Å². The molecule has 0 atom stereocenters. The summed E-state index contributed by atoms with van der Waals surface area (Å²) < 4.78 is 5.03. The maximum absolute atomic E-state index is 11.2. The minimum absolute atomic E-state index is 0.00891. The van der Waals surface area contributed by atoms with Gasteiger partial charge in [0.1, 0.15) is 0 Å². The van der Waals surface area contributed by atoms with E-state index in [0.717, 1.165) is 12.5 Å². The highest BCUT2D eigenvalue weighted by atomic mass is 32.2. The molecule has 1 rings (SSSR count). The van der Waals surface area contributed by atoms with Gasteiger partial charge in [0.2, 0.25) is 0 Å². The minimum atomic E-state index is -0.143. The fourth-order valence-electron chi connectivity index (χ4n) is 1.63. The molecule has 15 heavy (non-hydrogen) atoms. The number of ether oxygens (including phenoxy) is 1. The van der Waals surface area contributed by atoms with Crippen LogP contribution in [-0.4, -0.2) is 36.7 Å². The zero-order valence-corrected chi connectivity index (χ0v) is 10.4. The molecule has 4 heteroatoms. The van der Waals surface area contributed by atoms with Crippen molar-refractivity contribution in [1.82, 2.24) is 5.32 Å². The van der Waals surface area contributed by atoms with Crippen molar-refractivity contribution in [3.8, 4) is 0 Å². The lowest BCUT2D eigenvalue weighted by Crippen LogP contribution is -2.31. The van der Waals surface area contributed by atoms with Crippen molar-refractivity contribution < 1.29 is 9.53 Å². The Balaban J connectivity index is 2.02. The predicted molar refractivity (Wildman–Crippen MR) is 64.1 cm³/mol. The Morgan fingerprint density at radius 2 is 2.13 bits per heavy atom. The maximum Gasteiger partial charge on any atom is 0.320 e. The van der Waals surface area contributed by atoms with Crippen LogP contribution in [-0.2, 0) is 9.53 Å². The smallest absolute Gasteiger partial charge is 0.320 e. The molecular formula is C11H21NO2S. The van der Waals surface area contributed by atoms with Crippen LogP contribution in [0.2, 0.25) is 0 Å². The standard InChI is InChI=1S/C11H21NO2S/c1-9(2)14-11(13)8-12-7-10-3-5-15-6-4-10/h9-10,12H,3-8H2,1-2H3. The van der Waals surface area contributed by atoms with Crippen LogP contribution in [0.5, 0.6) is 0 Å². The Bertz CT molecular complexity index is 191. The van der Waals surface area contributed by atoms with Gasteiger partial charge >= 0.3 is 5.97 Å². The summed E-state index contributed by atoms with van der Waals surface area (Å²) in [4.78, 5) is 11.2. The lowest BCUT2D eigenvalue weighted by Gasteiger charge is -2.21. The fraction of sp³-hybridized carbons (Fsp3) is 0.909. The van der Waals surface area contributed by atoms with E-state index in [2.05, 4.69) is 5.32 Å². The first-order valence-electron chi connectivity index (χ1n) is 5.66. The molecule has 1 fully saturated rings. The van der Waals surface area contributed by atoms with Gasteiger partial charge in [0.25, 0.3) is 0 Å². The quantitative estimate of drug-likeness (QED) is 0.731. The molecule has 0 aromatic heterocycles. The minimum Gasteiger partial charge on any atom is -0.462 e. The molecule has 88 valence electrons. The van der Waals surface area contributed by atoms with E-state index in [1.807, 2.05) is 25.6 Å². The van der Waals surface area contributed by atoms with E-state index in [-0.39, 0.29) is 12.1 Å². The first-order chi connectivity index (χ1) is 7.18. The summed E-state index contributed by atoms with van der Waals surface area (Å²) in [5.41, 5.74) is 0. The summed E-state index contributed by atoms with van der Waals surface area (Å²) in [6.45, 7) is 5.04. The Morgan fingerprint density at radius 3 is 2.73 bits per heavy atom. The lowest BCUT2D eigenvalue weighted by atomic mass is 10.0. The normalized spacial score (nSPS) is 18.1. The third-order valence-corrected chi connectivity index (χ3v) is 3.46. The molecule has 1 heterocycles. The van der Waals surface area contributed by atoms with Crippen molar-refractivity contribution in [2.45, 2.75) is 32.8 Å². The summed E-state index contributed by atoms with van der Waals surface area (Å²) in [6, 6.07) is 0. The summed E-state index contributed by atoms with van der Waals surface area (Å²) in [7, 11) is 0. The largest absolute Gasteiger partial charge is 0.462 e. The average molecular weight is 231 g/mol. The van der Waals surface area contributed by atoms with Crippen LogP contribution >= 0.6 is 11.8 Å². The number of carbonyl (C=O) groups excluding carboxylic acids is 1. The van der Waals surface area contributed by atoms with Crippen molar-refractivity contribution in [2.75, 3.05) is 24.6 Å². The van der Waals surface area contributed by atoms with Crippen LogP contribution in [0, 0.1) is 5.92 Å². The number of thioether (sulfide) groups is 1. The number of hydrogen-bond acceptors (Lipinski definition) is 4. The van der Waals surface area contributed by atoms with E-state index < -0.39 is 0 Å². The van der Waals surface area contributed by atoms with Crippen LogP contribution in [0.1, 0.15) is 26.7 Å². The molecule has 0 radical (unpaired) electrons. The second-order valence-electron chi connectivity index (χ2n) is 4.23. The number of carbonyl (C=O) groups is 1. The average Bonchev–Trinajstić information content (AvgIpc) is 2.18. The molecule has 0 spiro atoms. The molecule has 1 aliphatic rings. The van der Waals surface area contributed by atoms with Gasteiger partial charge in [0, 0.05) is 0 Å². The van der Waals surface area contributed by atoms with Crippen molar-refractivity contribution in [3.05, 3.63) is 0 Å². The van der Waals surface area contributed by atoms with Gasteiger partial charge < -0.3 is 10.1 Å². The highest BCUT2D eigenvalue weighted by Crippen LogP contribution is 2.21. The summed E-state index contributed by atoms with van der Waals surface area (Å²) >= 11 is 2.03. The monoisotopic (exact) mass is 231 g/mol. The van der Waals surface area contributed by atoms with Crippen molar-refractivity contribution >= 4 is 17.7 Å². The van der Waals surface area contributed by atoms with Crippen molar-refractivity contribution in [1.29, 1.82) is 0 Å². The van der Waals surface area contributed by atoms with Gasteiger partial charge in [-0.1, -0.05) is 0 Å².